The van der Waals surface area contributed by atoms with Crippen LogP contribution in [0, 0.1) is 5.92 Å². The summed E-state index contributed by atoms with van der Waals surface area (Å²) < 4.78 is 7.21. The summed E-state index contributed by atoms with van der Waals surface area (Å²) in [6.45, 7) is 2.06. The van der Waals surface area contributed by atoms with E-state index in [9.17, 15) is 9.59 Å². The van der Waals surface area contributed by atoms with E-state index in [1.807, 2.05) is 24.3 Å². The van der Waals surface area contributed by atoms with Gasteiger partial charge in [0.15, 0.2) is 5.82 Å². The van der Waals surface area contributed by atoms with E-state index in [-0.39, 0.29) is 17.7 Å². The minimum Gasteiger partial charge on any atom is -0.472 e. The van der Waals surface area contributed by atoms with Gasteiger partial charge in [0.05, 0.1) is 11.8 Å². The third kappa shape index (κ3) is 4.17. The van der Waals surface area contributed by atoms with E-state index < -0.39 is 0 Å². The van der Waals surface area contributed by atoms with Crippen molar-refractivity contribution in [2.45, 2.75) is 45.1 Å². The van der Waals surface area contributed by atoms with Crippen molar-refractivity contribution in [3.63, 3.8) is 0 Å². The molecule has 5 rings (SSSR count). The van der Waals surface area contributed by atoms with Crippen LogP contribution >= 0.6 is 0 Å². The second kappa shape index (κ2) is 8.98. The number of carbonyl (C=O) groups excluding carboxylic acids is 2. The number of rotatable bonds is 4. The smallest absolute Gasteiger partial charge is 0.257 e. The van der Waals surface area contributed by atoms with Gasteiger partial charge in [0.2, 0.25) is 5.91 Å². The van der Waals surface area contributed by atoms with Crippen LogP contribution in [0.3, 0.4) is 0 Å². The highest BCUT2D eigenvalue weighted by Crippen LogP contribution is 2.26. The lowest BCUT2D eigenvalue weighted by molar-refractivity contribution is -0.121. The van der Waals surface area contributed by atoms with Gasteiger partial charge in [-0.25, -0.2) is 0 Å². The number of aromatic nitrogens is 3. The molecule has 0 aliphatic carbocycles. The number of carbonyl (C=O) groups is 2. The molecule has 0 radical (unpaired) electrons. The molecule has 166 valence electrons. The maximum absolute atomic E-state index is 12.9. The van der Waals surface area contributed by atoms with Crippen LogP contribution in [0.5, 0.6) is 0 Å². The van der Waals surface area contributed by atoms with Gasteiger partial charge in [-0.2, -0.15) is 0 Å². The molecule has 1 fully saturated rings. The molecule has 3 aromatic rings. The molecule has 1 aromatic carbocycles. The highest BCUT2D eigenvalue weighted by atomic mass is 16.3. The average molecular weight is 434 g/mol. The molecule has 4 heterocycles. The molecule has 8 heteroatoms. The van der Waals surface area contributed by atoms with Crippen LogP contribution in [0.15, 0.2) is 47.3 Å². The van der Waals surface area contributed by atoms with Crippen molar-refractivity contribution in [3.8, 4) is 11.4 Å². The third-order valence-corrected chi connectivity index (χ3v) is 6.42. The minimum atomic E-state index is -0.114. The zero-order valence-corrected chi connectivity index (χ0v) is 18.0. The highest BCUT2D eigenvalue weighted by Gasteiger charge is 2.28. The van der Waals surface area contributed by atoms with Gasteiger partial charge in [-0.1, -0.05) is 18.6 Å². The second-order valence-corrected chi connectivity index (χ2v) is 8.55. The van der Waals surface area contributed by atoms with Gasteiger partial charge in [0.25, 0.3) is 5.91 Å². The predicted molar refractivity (Wildman–Crippen MR) is 119 cm³/mol. The zero-order valence-electron chi connectivity index (χ0n) is 18.0. The van der Waals surface area contributed by atoms with Gasteiger partial charge in [-0.3, -0.25) is 9.59 Å². The highest BCUT2D eigenvalue weighted by molar-refractivity contribution is 5.95. The Balaban J connectivity index is 1.22. The van der Waals surface area contributed by atoms with E-state index in [0.717, 1.165) is 48.7 Å². The summed E-state index contributed by atoms with van der Waals surface area (Å²) in [5.41, 5.74) is 2.27. The SMILES string of the molecule is O=C(Nc1cccc(-c2nnc3n2CCCCC3)c1)C1CCN(C(=O)c2ccoc2)CC1. The van der Waals surface area contributed by atoms with E-state index in [1.54, 1.807) is 11.0 Å². The second-order valence-electron chi connectivity index (χ2n) is 8.55. The predicted octanol–water partition coefficient (Wildman–Crippen LogP) is 3.76. The van der Waals surface area contributed by atoms with Crippen LogP contribution in [-0.4, -0.2) is 44.6 Å². The summed E-state index contributed by atoms with van der Waals surface area (Å²) >= 11 is 0. The molecule has 0 bridgehead atoms. The number of likely N-dealkylation sites (tertiary alicyclic amines) is 1. The van der Waals surface area contributed by atoms with Crippen LogP contribution in [0.2, 0.25) is 0 Å². The monoisotopic (exact) mass is 433 g/mol. The quantitative estimate of drug-likeness (QED) is 0.676. The van der Waals surface area contributed by atoms with Crippen molar-refractivity contribution in [3.05, 3.63) is 54.2 Å². The maximum atomic E-state index is 12.9. The molecular formula is C24H27N5O3. The number of nitrogens with one attached hydrogen (secondary N) is 1. The van der Waals surface area contributed by atoms with Gasteiger partial charge in [-0.05, 0) is 43.9 Å². The molecule has 0 atom stereocenters. The summed E-state index contributed by atoms with van der Waals surface area (Å²) in [5, 5.41) is 11.9. The molecule has 0 spiro atoms. The Hall–Kier alpha value is -3.42. The largest absolute Gasteiger partial charge is 0.472 e. The van der Waals surface area contributed by atoms with E-state index >= 15 is 0 Å². The first kappa shape index (κ1) is 20.5. The first-order chi connectivity index (χ1) is 15.7. The maximum Gasteiger partial charge on any atom is 0.257 e. The lowest BCUT2D eigenvalue weighted by atomic mass is 9.95. The van der Waals surface area contributed by atoms with Crippen LogP contribution in [0.4, 0.5) is 5.69 Å². The Morgan fingerprint density at radius 1 is 1.03 bits per heavy atom. The van der Waals surface area contributed by atoms with Gasteiger partial charge in [0, 0.05) is 43.2 Å². The summed E-state index contributed by atoms with van der Waals surface area (Å²) in [4.78, 5) is 27.1. The number of benzene rings is 1. The fourth-order valence-corrected chi connectivity index (χ4v) is 4.59. The van der Waals surface area contributed by atoms with E-state index in [1.165, 1.54) is 18.9 Å². The number of furan rings is 1. The lowest BCUT2D eigenvalue weighted by Gasteiger charge is -2.31. The van der Waals surface area contributed by atoms with E-state index in [4.69, 9.17) is 4.42 Å². The molecule has 0 unspecified atom stereocenters. The number of aryl methyl sites for hydroxylation is 1. The Bertz CT molecular complexity index is 1100. The molecule has 2 aromatic heterocycles. The van der Waals surface area contributed by atoms with E-state index in [2.05, 4.69) is 20.1 Å². The minimum absolute atomic E-state index is 0.00219. The molecule has 8 nitrogen and oxygen atoms in total. The van der Waals surface area contributed by atoms with Crippen molar-refractivity contribution in [2.75, 3.05) is 18.4 Å². The number of amides is 2. The third-order valence-electron chi connectivity index (χ3n) is 6.42. The molecule has 32 heavy (non-hydrogen) atoms. The van der Waals surface area contributed by atoms with Crippen LogP contribution in [-0.2, 0) is 17.8 Å². The number of fused-ring (bicyclic) bond motifs is 1. The van der Waals surface area contributed by atoms with Crippen molar-refractivity contribution < 1.29 is 14.0 Å². The van der Waals surface area contributed by atoms with Crippen molar-refractivity contribution in [2.24, 2.45) is 5.92 Å². The first-order valence-corrected chi connectivity index (χ1v) is 11.3. The Labute approximate surface area is 186 Å². The Kier molecular flexibility index (Phi) is 5.75. The molecule has 0 saturated carbocycles. The summed E-state index contributed by atoms with van der Waals surface area (Å²) in [5.74, 6) is 1.75. The molecule has 1 saturated heterocycles. The summed E-state index contributed by atoms with van der Waals surface area (Å²) in [6.07, 6.45) is 8.72. The Morgan fingerprint density at radius 3 is 2.72 bits per heavy atom. The topological polar surface area (TPSA) is 93.3 Å². The number of nitrogens with zero attached hydrogens (tertiary/aromatic N) is 4. The van der Waals surface area contributed by atoms with Crippen molar-refractivity contribution >= 4 is 17.5 Å². The van der Waals surface area contributed by atoms with Crippen LogP contribution in [0.25, 0.3) is 11.4 Å². The van der Waals surface area contributed by atoms with Crippen LogP contribution < -0.4 is 5.32 Å². The molecular weight excluding hydrogens is 406 g/mol. The standard InChI is InChI=1S/C24H27N5O3/c30-23(17-8-12-28(13-9-17)24(31)19-10-14-32-16-19)25-20-6-4-5-18(15-20)22-27-26-21-7-2-1-3-11-29(21)22/h4-6,10,14-17H,1-3,7-9,11-13H2,(H,25,30). The fraction of sp³-hybridized carbons (Fsp3) is 0.417. The molecule has 2 amide bonds. The normalized spacial score (nSPS) is 16.9. The number of hydrogen-bond donors (Lipinski definition) is 1. The van der Waals surface area contributed by atoms with Gasteiger partial charge in [0.1, 0.15) is 12.1 Å². The molecule has 2 aliphatic rings. The first-order valence-electron chi connectivity index (χ1n) is 11.3. The lowest BCUT2D eigenvalue weighted by Crippen LogP contribution is -2.41. The van der Waals surface area contributed by atoms with E-state index in [0.29, 0.717) is 31.5 Å². The van der Waals surface area contributed by atoms with Gasteiger partial charge >= 0.3 is 0 Å². The van der Waals surface area contributed by atoms with Gasteiger partial charge < -0.3 is 19.2 Å². The van der Waals surface area contributed by atoms with Gasteiger partial charge in [-0.15, -0.1) is 10.2 Å². The van der Waals surface area contributed by atoms with Crippen LogP contribution in [0.1, 0.15) is 48.3 Å². The molecule has 1 N–H and O–H groups in total. The number of hydrogen-bond acceptors (Lipinski definition) is 5. The zero-order chi connectivity index (χ0) is 21.9. The average Bonchev–Trinajstić information content (AvgIpc) is 3.44. The number of piperidine rings is 1. The number of anilines is 1. The molecule has 2 aliphatic heterocycles. The van der Waals surface area contributed by atoms with Crippen molar-refractivity contribution in [1.82, 2.24) is 19.7 Å². The summed E-state index contributed by atoms with van der Waals surface area (Å²) in [7, 11) is 0. The Morgan fingerprint density at radius 2 is 1.91 bits per heavy atom. The fourth-order valence-electron chi connectivity index (χ4n) is 4.59. The van der Waals surface area contributed by atoms with Crippen molar-refractivity contribution in [1.29, 1.82) is 0 Å². The summed E-state index contributed by atoms with van der Waals surface area (Å²) in [6, 6.07) is 9.49.